The number of carbonyl (C=O) groups excluding carboxylic acids is 5. The molecule has 1 aliphatic heterocycles. The lowest BCUT2D eigenvalue weighted by molar-refractivity contribution is -0.151. The van der Waals surface area contributed by atoms with E-state index in [4.69, 9.17) is 4.74 Å². The average molecular weight is 390 g/mol. The van der Waals surface area contributed by atoms with Crippen LogP contribution >= 0.6 is 0 Å². The van der Waals surface area contributed by atoms with E-state index >= 15 is 0 Å². The fourth-order valence-electron chi connectivity index (χ4n) is 2.51. The van der Waals surface area contributed by atoms with E-state index in [2.05, 4.69) is 10.6 Å². The minimum absolute atomic E-state index is 0.230. The van der Waals surface area contributed by atoms with Crippen molar-refractivity contribution in [3.05, 3.63) is 35.9 Å². The minimum Gasteiger partial charge on any atom is -0.454 e. The highest BCUT2D eigenvalue weighted by Gasteiger charge is 2.49. The van der Waals surface area contributed by atoms with Gasteiger partial charge in [-0.15, -0.1) is 0 Å². The second-order valence-electron chi connectivity index (χ2n) is 6.54. The number of amides is 5. The van der Waals surface area contributed by atoms with Crippen LogP contribution in [-0.4, -0.2) is 73.3 Å². The first-order valence-electron chi connectivity index (χ1n) is 8.47. The van der Waals surface area contributed by atoms with E-state index in [1.54, 1.807) is 37.3 Å². The number of rotatable bonds is 7. The minimum atomic E-state index is -1.29. The van der Waals surface area contributed by atoms with Crippen LogP contribution in [0.1, 0.15) is 12.5 Å². The lowest BCUT2D eigenvalue weighted by atomic mass is 9.92. The van der Waals surface area contributed by atoms with Gasteiger partial charge in [0, 0.05) is 14.1 Å². The Labute approximate surface area is 161 Å². The summed E-state index contributed by atoms with van der Waals surface area (Å²) in [5.41, 5.74) is -0.711. The van der Waals surface area contributed by atoms with Crippen LogP contribution in [0.5, 0.6) is 0 Å². The van der Waals surface area contributed by atoms with Gasteiger partial charge in [-0.3, -0.25) is 24.1 Å². The highest BCUT2D eigenvalue weighted by atomic mass is 16.5. The molecule has 1 atom stereocenters. The quantitative estimate of drug-likeness (QED) is 0.464. The normalized spacial score (nSPS) is 18.5. The van der Waals surface area contributed by atoms with Crippen molar-refractivity contribution in [1.82, 2.24) is 20.4 Å². The molecule has 10 heteroatoms. The molecule has 1 aliphatic rings. The number of hydrogen-bond acceptors (Lipinski definition) is 6. The molecule has 1 fully saturated rings. The molecule has 0 bridgehead atoms. The summed E-state index contributed by atoms with van der Waals surface area (Å²) >= 11 is 0. The van der Waals surface area contributed by atoms with Crippen LogP contribution in [0.4, 0.5) is 4.79 Å². The van der Waals surface area contributed by atoms with Crippen LogP contribution in [0.3, 0.4) is 0 Å². The lowest BCUT2D eigenvalue weighted by Gasteiger charge is -2.21. The predicted octanol–water partition coefficient (Wildman–Crippen LogP) is -0.799. The zero-order valence-electron chi connectivity index (χ0n) is 15.9. The van der Waals surface area contributed by atoms with Crippen molar-refractivity contribution < 1.29 is 28.7 Å². The number of ether oxygens (including phenoxy) is 1. The number of imide groups is 1. The van der Waals surface area contributed by atoms with E-state index in [1.165, 1.54) is 19.0 Å². The van der Waals surface area contributed by atoms with E-state index < -0.39 is 42.5 Å². The maximum absolute atomic E-state index is 12.7. The summed E-state index contributed by atoms with van der Waals surface area (Å²) < 4.78 is 4.78. The molecule has 0 aliphatic carbocycles. The highest BCUT2D eigenvalue weighted by Crippen LogP contribution is 2.28. The zero-order chi connectivity index (χ0) is 20.9. The summed E-state index contributed by atoms with van der Waals surface area (Å²) in [6.45, 7) is 0.0606. The molecular weight excluding hydrogens is 368 g/mol. The van der Waals surface area contributed by atoms with Crippen molar-refractivity contribution >= 4 is 29.7 Å². The van der Waals surface area contributed by atoms with Crippen molar-refractivity contribution in [2.24, 2.45) is 0 Å². The van der Waals surface area contributed by atoms with Gasteiger partial charge in [-0.1, -0.05) is 30.3 Å². The highest BCUT2D eigenvalue weighted by molar-refractivity contribution is 6.08. The monoisotopic (exact) mass is 390 g/mol. The summed E-state index contributed by atoms with van der Waals surface area (Å²) in [6.07, 6.45) is 0. The van der Waals surface area contributed by atoms with Gasteiger partial charge in [0.1, 0.15) is 12.1 Å². The number of hydrogen-bond donors (Lipinski definition) is 2. The number of nitrogens with zero attached hydrogens (tertiary/aromatic N) is 2. The zero-order valence-corrected chi connectivity index (χ0v) is 15.9. The van der Waals surface area contributed by atoms with Crippen molar-refractivity contribution in [3.8, 4) is 0 Å². The van der Waals surface area contributed by atoms with Crippen LogP contribution in [0.15, 0.2) is 30.3 Å². The molecule has 5 amide bonds. The molecule has 0 saturated carbocycles. The molecule has 0 spiro atoms. The van der Waals surface area contributed by atoms with Crippen LogP contribution in [-0.2, 0) is 29.5 Å². The van der Waals surface area contributed by atoms with Crippen molar-refractivity contribution in [3.63, 3.8) is 0 Å². The van der Waals surface area contributed by atoms with Crippen molar-refractivity contribution in [1.29, 1.82) is 0 Å². The third kappa shape index (κ3) is 4.64. The Morgan fingerprint density at radius 1 is 1.18 bits per heavy atom. The Kier molecular flexibility index (Phi) is 6.34. The van der Waals surface area contributed by atoms with Gasteiger partial charge in [-0.2, -0.15) is 0 Å². The number of nitrogens with one attached hydrogen (secondary N) is 2. The van der Waals surface area contributed by atoms with Gasteiger partial charge in [0.15, 0.2) is 6.61 Å². The van der Waals surface area contributed by atoms with E-state index in [1.807, 2.05) is 0 Å². The summed E-state index contributed by atoms with van der Waals surface area (Å²) in [7, 11) is 3.08. The fourth-order valence-corrected chi connectivity index (χ4v) is 2.51. The van der Waals surface area contributed by atoms with Crippen molar-refractivity contribution in [2.45, 2.75) is 12.5 Å². The molecule has 1 heterocycles. The molecular formula is C18H22N4O6. The molecule has 2 rings (SSSR count). The molecule has 28 heavy (non-hydrogen) atoms. The number of benzene rings is 1. The first kappa shape index (κ1) is 20.9. The number of likely N-dealkylation sites (N-methyl/N-ethyl adjacent to an activating group) is 1. The lowest BCUT2D eigenvalue weighted by Crippen LogP contribution is -2.42. The topological polar surface area (TPSA) is 125 Å². The van der Waals surface area contributed by atoms with E-state index in [0.29, 0.717) is 5.56 Å². The van der Waals surface area contributed by atoms with Gasteiger partial charge in [0.25, 0.3) is 11.8 Å². The smallest absolute Gasteiger partial charge is 0.326 e. The summed E-state index contributed by atoms with van der Waals surface area (Å²) in [5.74, 6) is -2.51. The van der Waals surface area contributed by atoms with Gasteiger partial charge < -0.3 is 20.3 Å². The first-order valence-corrected chi connectivity index (χ1v) is 8.47. The third-order valence-electron chi connectivity index (χ3n) is 4.21. The van der Waals surface area contributed by atoms with E-state index in [-0.39, 0.29) is 12.5 Å². The Balaban J connectivity index is 1.88. The SMILES string of the molecule is CN(C)C(=O)CNC(=O)COC(=O)CN1C(=O)N[C@](C)(c2ccccc2)C1=O. The van der Waals surface area contributed by atoms with Crippen LogP contribution < -0.4 is 10.6 Å². The molecule has 1 aromatic carbocycles. The molecule has 2 N–H and O–H groups in total. The molecule has 1 saturated heterocycles. The van der Waals surface area contributed by atoms with Gasteiger partial charge in [0.05, 0.1) is 6.54 Å². The molecule has 150 valence electrons. The maximum atomic E-state index is 12.7. The second-order valence-corrected chi connectivity index (χ2v) is 6.54. The molecule has 0 aromatic heterocycles. The van der Waals surface area contributed by atoms with Gasteiger partial charge in [0.2, 0.25) is 5.91 Å². The van der Waals surface area contributed by atoms with Gasteiger partial charge in [-0.05, 0) is 12.5 Å². The first-order chi connectivity index (χ1) is 13.1. The predicted molar refractivity (Wildman–Crippen MR) is 96.7 cm³/mol. The number of esters is 1. The van der Waals surface area contributed by atoms with Crippen LogP contribution in [0, 0.1) is 0 Å². The van der Waals surface area contributed by atoms with Crippen LogP contribution in [0.2, 0.25) is 0 Å². The number of carbonyl (C=O) groups is 5. The van der Waals surface area contributed by atoms with E-state index in [9.17, 15) is 24.0 Å². The molecule has 0 radical (unpaired) electrons. The second kappa shape index (κ2) is 8.51. The van der Waals surface area contributed by atoms with Crippen LogP contribution in [0.25, 0.3) is 0 Å². The fraction of sp³-hybridized carbons (Fsp3) is 0.389. The van der Waals surface area contributed by atoms with Crippen molar-refractivity contribution in [2.75, 3.05) is 33.8 Å². The Bertz CT molecular complexity index is 795. The standard InChI is InChI=1S/C18H22N4O6/c1-18(12-7-5-4-6-8-12)16(26)22(17(27)20-18)10-15(25)28-11-13(23)19-9-14(24)21(2)3/h4-8H,9-11H2,1-3H3,(H,19,23)(H,20,27)/t18-/m1/s1. The third-order valence-corrected chi connectivity index (χ3v) is 4.21. The molecule has 0 unspecified atom stereocenters. The van der Waals surface area contributed by atoms with E-state index in [0.717, 1.165) is 4.90 Å². The Morgan fingerprint density at radius 3 is 2.43 bits per heavy atom. The Hall–Kier alpha value is -3.43. The molecule has 1 aromatic rings. The number of urea groups is 1. The van der Waals surface area contributed by atoms with Gasteiger partial charge >= 0.3 is 12.0 Å². The maximum Gasteiger partial charge on any atom is 0.326 e. The van der Waals surface area contributed by atoms with Gasteiger partial charge in [-0.25, -0.2) is 4.79 Å². The Morgan fingerprint density at radius 2 is 1.82 bits per heavy atom. The average Bonchev–Trinajstić information content (AvgIpc) is 2.89. The largest absolute Gasteiger partial charge is 0.454 e. The molecule has 10 nitrogen and oxygen atoms in total. The summed E-state index contributed by atoms with van der Waals surface area (Å²) in [5, 5.41) is 4.87. The summed E-state index contributed by atoms with van der Waals surface area (Å²) in [4.78, 5) is 61.8. The summed E-state index contributed by atoms with van der Waals surface area (Å²) in [6, 6.07) is 7.90.